The molecule has 158 valence electrons. The highest BCUT2D eigenvalue weighted by atomic mass is 19.4. The molecular weight excluding hydrogens is 420 g/mol. The van der Waals surface area contributed by atoms with E-state index in [1.54, 1.807) is 0 Å². The zero-order valence-corrected chi connectivity index (χ0v) is 14.9. The first-order valence-electron chi connectivity index (χ1n) is 8.11. The van der Waals surface area contributed by atoms with E-state index >= 15 is 0 Å². The molecule has 0 aliphatic rings. The summed E-state index contributed by atoms with van der Waals surface area (Å²) in [6.45, 7) is 0. The molecule has 0 spiro atoms. The molecule has 5 nitrogen and oxygen atoms in total. The van der Waals surface area contributed by atoms with Gasteiger partial charge in [0.05, 0.1) is 22.0 Å². The van der Waals surface area contributed by atoms with Gasteiger partial charge in [0, 0.05) is 13.2 Å². The van der Waals surface area contributed by atoms with Crippen LogP contribution in [0.5, 0.6) is 11.5 Å². The van der Waals surface area contributed by atoms with Crippen molar-refractivity contribution >= 4 is 16.9 Å². The Kier molecular flexibility index (Phi) is 5.01. The van der Waals surface area contributed by atoms with Crippen molar-refractivity contribution in [2.24, 2.45) is 7.05 Å². The van der Waals surface area contributed by atoms with Gasteiger partial charge in [-0.15, -0.1) is 0 Å². The van der Waals surface area contributed by atoms with Crippen molar-refractivity contribution in [1.29, 1.82) is 0 Å². The van der Waals surface area contributed by atoms with Gasteiger partial charge in [-0.3, -0.25) is 4.79 Å². The monoisotopic (exact) mass is 431 g/mol. The number of carboxylic acids is 1. The normalized spacial score (nSPS) is 12.2. The molecule has 0 fully saturated rings. The number of halogens is 6. The van der Waals surface area contributed by atoms with Gasteiger partial charge >= 0.3 is 18.3 Å². The summed E-state index contributed by atoms with van der Waals surface area (Å²) < 4.78 is 84.4. The molecule has 11 heteroatoms. The number of carboxylic acid groups (broad SMARTS) is 1. The van der Waals surface area contributed by atoms with E-state index in [1.807, 2.05) is 0 Å². The number of aromatic carboxylic acids is 1. The van der Waals surface area contributed by atoms with Crippen LogP contribution < -0.4 is 10.2 Å². The maximum Gasteiger partial charge on any atom is 0.416 e. The summed E-state index contributed by atoms with van der Waals surface area (Å²) in [5, 5.41) is 8.98. The summed E-state index contributed by atoms with van der Waals surface area (Å²) in [7, 11) is 1.47. The molecule has 1 N–H and O–H groups in total. The molecule has 3 aromatic rings. The fraction of sp³-hybridized carbons (Fsp3) is 0.158. The predicted octanol–water partition coefficient (Wildman–Crippen LogP) is 5.07. The lowest BCUT2D eigenvalue weighted by Gasteiger charge is -2.15. The molecule has 0 atom stereocenters. The lowest BCUT2D eigenvalue weighted by atomic mass is 10.1. The Bertz CT molecular complexity index is 1180. The quantitative estimate of drug-likeness (QED) is 0.589. The molecule has 0 aliphatic carbocycles. The minimum absolute atomic E-state index is 0.0395. The number of pyridine rings is 1. The standard InChI is InChI=1S/C19H11F6NO4/c1-26-8-14(17(28)29)16(27)13-7-11(2-3-15(13)26)30-12-5-9(18(20,21)22)4-10(6-12)19(23,24)25/h2-8H,1H3,(H,28,29). The maximum absolute atomic E-state index is 13.0. The highest BCUT2D eigenvalue weighted by molar-refractivity contribution is 5.92. The number of aromatic nitrogens is 1. The van der Waals surface area contributed by atoms with E-state index in [2.05, 4.69) is 0 Å². The van der Waals surface area contributed by atoms with Crippen LogP contribution >= 0.6 is 0 Å². The number of benzene rings is 2. The molecule has 3 rings (SSSR count). The third-order valence-corrected chi connectivity index (χ3v) is 4.19. The summed E-state index contributed by atoms with van der Waals surface area (Å²) in [4.78, 5) is 23.5. The van der Waals surface area contributed by atoms with E-state index in [0.717, 1.165) is 12.3 Å². The smallest absolute Gasteiger partial charge is 0.416 e. The zero-order valence-electron chi connectivity index (χ0n) is 14.9. The summed E-state index contributed by atoms with van der Waals surface area (Å²) >= 11 is 0. The number of carbonyl (C=O) groups is 1. The van der Waals surface area contributed by atoms with Gasteiger partial charge in [-0.1, -0.05) is 0 Å². The number of hydrogen-bond acceptors (Lipinski definition) is 3. The average molecular weight is 431 g/mol. The van der Waals surface area contributed by atoms with Gasteiger partial charge in [-0.05, 0) is 36.4 Å². The minimum Gasteiger partial charge on any atom is -0.477 e. The molecule has 0 saturated carbocycles. The van der Waals surface area contributed by atoms with Crippen LogP contribution in [0.4, 0.5) is 26.3 Å². The van der Waals surface area contributed by atoms with Crippen molar-refractivity contribution in [3.8, 4) is 11.5 Å². The van der Waals surface area contributed by atoms with E-state index < -0.39 is 46.2 Å². The molecule has 0 saturated heterocycles. The van der Waals surface area contributed by atoms with Crippen LogP contribution in [-0.2, 0) is 19.4 Å². The highest BCUT2D eigenvalue weighted by Gasteiger charge is 2.37. The fourth-order valence-corrected chi connectivity index (χ4v) is 2.81. The van der Waals surface area contributed by atoms with Gasteiger partial charge in [0.25, 0.3) is 0 Å². The molecule has 0 aliphatic heterocycles. The van der Waals surface area contributed by atoms with Crippen LogP contribution in [0.3, 0.4) is 0 Å². The lowest BCUT2D eigenvalue weighted by Crippen LogP contribution is -2.17. The van der Waals surface area contributed by atoms with E-state index in [4.69, 9.17) is 9.84 Å². The van der Waals surface area contributed by atoms with E-state index in [0.29, 0.717) is 12.1 Å². The third kappa shape index (κ3) is 4.09. The molecule has 1 heterocycles. The summed E-state index contributed by atoms with van der Waals surface area (Å²) in [6, 6.07) is 4.36. The highest BCUT2D eigenvalue weighted by Crippen LogP contribution is 2.39. The van der Waals surface area contributed by atoms with Gasteiger partial charge in [0.15, 0.2) is 0 Å². The number of aryl methyl sites for hydroxylation is 1. The largest absolute Gasteiger partial charge is 0.477 e. The Labute approximate surface area is 163 Å². The van der Waals surface area contributed by atoms with E-state index in [-0.39, 0.29) is 22.7 Å². The van der Waals surface area contributed by atoms with Gasteiger partial charge in [-0.25, -0.2) is 4.79 Å². The Morgan fingerprint density at radius 1 is 0.933 bits per heavy atom. The molecule has 1 aromatic heterocycles. The van der Waals surface area contributed by atoms with Gasteiger partial charge < -0.3 is 14.4 Å². The van der Waals surface area contributed by atoms with Gasteiger partial charge in [0.1, 0.15) is 17.1 Å². The number of rotatable bonds is 3. The van der Waals surface area contributed by atoms with Crippen LogP contribution in [0.2, 0.25) is 0 Å². The number of alkyl halides is 6. The first-order valence-corrected chi connectivity index (χ1v) is 8.11. The second-order valence-electron chi connectivity index (χ2n) is 6.31. The lowest BCUT2D eigenvalue weighted by molar-refractivity contribution is -0.143. The fourth-order valence-electron chi connectivity index (χ4n) is 2.81. The molecule has 2 aromatic carbocycles. The minimum atomic E-state index is -5.05. The first kappa shape index (κ1) is 21.2. The number of hydrogen-bond donors (Lipinski definition) is 1. The second-order valence-corrected chi connectivity index (χ2v) is 6.31. The van der Waals surface area contributed by atoms with Crippen molar-refractivity contribution < 1.29 is 41.0 Å². The molecule has 0 radical (unpaired) electrons. The SMILES string of the molecule is Cn1cc(C(=O)O)c(=O)c2cc(Oc3cc(C(F)(F)F)cc(C(F)(F)F)c3)ccc21. The van der Waals surface area contributed by atoms with Crippen molar-refractivity contribution in [2.75, 3.05) is 0 Å². The molecule has 0 amide bonds. The Balaban J connectivity index is 2.13. The maximum atomic E-state index is 13.0. The number of fused-ring (bicyclic) bond motifs is 1. The number of ether oxygens (including phenoxy) is 1. The topological polar surface area (TPSA) is 68.5 Å². The summed E-state index contributed by atoms with van der Waals surface area (Å²) in [5.41, 5.74) is -4.26. The molecule has 30 heavy (non-hydrogen) atoms. The molecule has 0 bridgehead atoms. The Morgan fingerprint density at radius 3 is 2.00 bits per heavy atom. The third-order valence-electron chi connectivity index (χ3n) is 4.19. The van der Waals surface area contributed by atoms with Crippen molar-refractivity contribution in [1.82, 2.24) is 4.57 Å². The van der Waals surface area contributed by atoms with Crippen molar-refractivity contribution in [3.05, 3.63) is 69.5 Å². The number of nitrogens with zero attached hydrogens (tertiary/aromatic N) is 1. The van der Waals surface area contributed by atoms with Crippen LogP contribution in [-0.4, -0.2) is 15.6 Å². The molecule has 0 unspecified atom stereocenters. The average Bonchev–Trinajstić information content (AvgIpc) is 2.62. The van der Waals surface area contributed by atoms with Crippen LogP contribution in [0.1, 0.15) is 21.5 Å². The molecular formula is C19H11F6NO4. The second kappa shape index (κ2) is 7.08. The van der Waals surface area contributed by atoms with Crippen LogP contribution in [0, 0.1) is 0 Å². The van der Waals surface area contributed by atoms with Gasteiger partial charge in [-0.2, -0.15) is 26.3 Å². The van der Waals surface area contributed by atoms with Crippen LogP contribution in [0.15, 0.2) is 47.4 Å². The van der Waals surface area contributed by atoms with Gasteiger partial charge in [0.2, 0.25) is 5.43 Å². The van der Waals surface area contributed by atoms with Crippen molar-refractivity contribution in [3.63, 3.8) is 0 Å². The van der Waals surface area contributed by atoms with Crippen molar-refractivity contribution in [2.45, 2.75) is 12.4 Å². The first-order chi connectivity index (χ1) is 13.8. The van der Waals surface area contributed by atoms with Crippen LogP contribution in [0.25, 0.3) is 10.9 Å². The predicted molar refractivity (Wildman–Crippen MR) is 92.7 cm³/mol. The van der Waals surface area contributed by atoms with E-state index in [9.17, 15) is 35.9 Å². The van der Waals surface area contributed by atoms with E-state index in [1.165, 1.54) is 23.7 Å². The summed E-state index contributed by atoms with van der Waals surface area (Å²) in [5.74, 6) is -2.48. The summed E-state index contributed by atoms with van der Waals surface area (Å²) in [6.07, 6.45) is -9.00. The Hall–Kier alpha value is -3.50. The Morgan fingerprint density at radius 2 is 1.50 bits per heavy atom. The zero-order chi connectivity index (χ0) is 22.4.